The zero-order chi connectivity index (χ0) is 23.8. The summed E-state index contributed by atoms with van der Waals surface area (Å²) in [5.41, 5.74) is 2.87. The minimum absolute atomic E-state index is 0.0370. The summed E-state index contributed by atoms with van der Waals surface area (Å²) in [6.07, 6.45) is 3.32. The summed E-state index contributed by atoms with van der Waals surface area (Å²) >= 11 is 0. The van der Waals surface area contributed by atoms with Crippen molar-refractivity contribution in [3.05, 3.63) is 108 Å². The lowest BCUT2D eigenvalue weighted by Crippen LogP contribution is -2.14. The molecule has 1 fully saturated rings. The highest BCUT2D eigenvalue weighted by Gasteiger charge is 2.45. The number of sulfone groups is 1. The molecule has 4 aromatic rings. The van der Waals surface area contributed by atoms with E-state index in [-0.39, 0.29) is 45.9 Å². The van der Waals surface area contributed by atoms with Crippen molar-refractivity contribution >= 4 is 19.6 Å². The Bertz CT molecular complexity index is 1490. The van der Waals surface area contributed by atoms with Gasteiger partial charge in [-0.1, -0.05) is 24.3 Å². The third-order valence-electron chi connectivity index (χ3n) is 5.55. The molecule has 172 valence electrons. The van der Waals surface area contributed by atoms with Gasteiger partial charge in [-0.05, 0) is 48.5 Å². The van der Waals surface area contributed by atoms with Gasteiger partial charge in [-0.15, -0.1) is 0 Å². The largest absolute Gasteiger partial charge is 0.485 e. The molecule has 0 saturated carbocycles. The summed E-state index contributed by atoms with van der Waals surface area (Å²) in [7, 11) is -4.07. The van der Waals surface area contributed by atoms with Gasteiger partial charge < -0.3 is 9.47 Å². The van der Waals surface area contributed by atoms with Gasteiger partial charge in [0.1, 0.15) is 23.0 Å². The molecule has 1 saturated heterocycles. The normalized spacial score (nSPS) is 16.5. The molecule has 2 aliphatic rings. The predicted octanol–water partition coefficient (Wildman–Crippen LogP) is 4.11. The van der Waals surface area contributed by atoms with E-state index >= 15 is 0 Å². The van der Waals surface area contributed by atoms with Crippen LogP contribution in [0.25, 0.3) is 32.6 Å². The fraction of sp³-hybridized carbons (Fsp3) is 0.0769. The molecule has 0 unspecified atom stereocenters. The second kappa shape index (κ2) is 8.44. The van der Waals surface area contributed by atoms with E-state index < -0.39 is 9.84 Å². The lowest BCUT2D eigenvalue weighted by Gasteiger charge is -2.19. The van der Waals surface area contributed by atoms with Crippen LogP contribution in [0.1, 0.15) is 11.4 Å². The van der Waals surface area contributed by atoms with Gasteiger partial charge in [-0.2, -0.15) is 0 Å². The minimum Gasteiger partial charge on any atom is -0.485 e. The highest BCUT2D eigenvalue weighted by molar-refractivity contribution is 8.09. The van der Waals surface area contributed by atoms with Crippen LogP contribution in [-0.2, 0) is 19.3 Å². The van der Waals surface area contributed by atoms with Crippen molar-refractivity contribution in [2.45, 2.75) is 0 Å². The van der Waals surface area contributed by atoms with Crippen molar-refractivity contribution < 1.29 is 17.9 Å². The van der Waals surface area contributed by atoms with Crippen molar-refractivity contribution in [2.75, 3.05) is 13.2 Å². The molecule has 0 spiro atoms. The van der Waals surface area contributed by atoms with Gasteiger partial charge in [0.25, 0.3) is 0 Å². The summed E-state index contributed by atoms with van der Waals surface area (Å²) in [6.45, 7) is 0.457. The molecule has 9 heteroatoms. The molecule has 0 N–H and O–H groups in total. The smallest absolute Gasteiger partial charge is 0.218 e. The third kappa shape index (κ3) is 3.66. The quantitative estimate of drug-likeness (QED) is 0.428. The van der Waals surface area contributed by atoms with Crippen molar-refractivity contribution in [1.82, 2.24) is 19.9 Å². The maximum absolute atomic E-state index is 14.0. The van der Waals surface area contributed by atoms with Gasteiger partial charge in [0.05, 0.1) is 34.2 Å². The third-order valence-corrected chi connectivity index (χ3v) is 7.41. The van der Waals surface area contributed by atoms with Crippen LogP contribution in [0.5, 0.6) is 0 Å². The summed E-state index contributed by atoms with van der Waals surface area (Å²) in [5.74, 6) is 0.309. The molecule has 8 nitrogen and oxygen atoms in total. The number of pyridine rings is 4. The van der Waals surface area contributed by atoms with Crippen LogP contribution in [0.15, 0.2) is 96.7 Å². The molecular weight excluding hydrogens is 464 g/mol. The van der Waals surface area contributed by atoms with Crippen LogP contribution >= 0.6 is 0 Å². The second-order valence-electron chi connectivity index (χ2n) is 7.76. The molecule has 2 aliphatic heterocycles. The Morgan fingerprint density at radius 3 is 1.40 bits per heavy atom. The maximum atomic E-state index is 14.0. The van der Waals surface area contributed by atoms with Crippen molar-refractivity contribution in [3.8, 4) is 22.8 Å². The van der Waals surface area contributed by atoms with Crippen LogP contribution in [0.3, 0.4) is 0 Å². The van der Waals surface area contributed by atoms with E-state index in [9.17, 15) is 8.42 Å². The molecule has 0 bridgehead atoms. The zero-order valence-electron chi connectivity index (χ0n) is 18.3. The van der Waals surface area contributed by atoms with Crippen LogP contribution in [0.2, 0.25) is 0 Å². The standard InChI is InChI=1S/C26H18N4O4S/c31-35(32)25(21-11-5-9-19(29-21)17-7-1-3-13-27-17)23-24(34-16-15-33-23)26(35)22-12-6-10-20(30-22)18-8-2-4-14-28-18/h1-14H,15-16H2. The van der Waals surface area contributed by atoms with Gasteiger partial charge in [0.2, 0.25) is 9.84 Å². The van der Waals surface area contributed by atoms with E-state index in [0.29, 0.717) is 22.8 Å². The number of ether oxygens (including phenoxy) is 2. The molecule has 0 radical (unpaired) electrons. The second-order valence-corrected chi connectivity index (χ2v) is 9.59. The van der Waals surface area contributed by atoms with Crippen molar-refractivity contribution in [2.24, 2.45) is 0 Å². The highest BCUT2D eigenvalue weighted by Crippen LogP contribution is 2.47. The van der Waals surface area contributed by atoms with E-state index in [1.807, 2.05) is 24.3 Å². The van der Waals surface area contributed by atoms with E-state index in [2.05, 4.69) is 19.9 Å². The zero-order valence-corrected chi connectivity index (χ0v) is 19.1. The average Bonchev–Trinajstić information content (AvgIpc) is 3.15. The molecule has 35 heavy (non-hydrogen) atoms. The van der Waals surface area contributed by atoms with Crippen molar-refractivity contribution in [1.29, 1.82) is 0 Å². The summed E-state index contributed by atoms with van der Waals surface area (Å²) in [4.78, 5) is 17.8. The van der Waals surface area contributed by atoms with Crippen LogP contribution < -0.4 is 0 Å². The first-order valence-corrected chi connectivity index (χ1v) is 12.4. The van der Waals surface area contributed by atoms with Crippen molar-refractivity contribution in [3.63, 3.8) is 0 Å². The fourth-order valence-corrected chi connectivity index (χ4v) is 5.82. The Hall–Kier alpha value is -4.37. The Kier molecular flexibility index (Phi) is 5.11. The number of rotatable bonds is 4. The maximum Gasteiger partial charge on any atom is 0.218 e. The highest BCUT2D eigenvalue weighted by atomic mass is 32.2. The van der Waals surface area contributed by atoms with Gasteiger partial charge in [-0.3, -0.25) is 9.97 Å². The Labute approximate surface area is 201 Å². The molecule has 6 heterocycles. The van der Waals surface area contributed by atoms with E-state index in [0.717, 1.165) is 0 Å². The lowest BCUT2D eigenvalue weighted by molar-refractivity contribution is 0.0634. The van der Waals surface area contributed by atoms with E-state index in [1.54, 1.807) is 60.9 Å². The Morgan fingerprint density at radius 1 is 0.543 bits per heavy atom. The number of aromatic nitrogens is 4. The first-order chi connectivity index (χ1) is 17.1. The van der Waals surface area contributed by atoms with Gasteiger partial charge in [0, 0.05) is 12.4 Å². The van der Waals surface area contributed by atoms with Crippen LogP contribution in [-0.4, -0.2) is 41.6 Å². The van der Waals surface area contributed by atoms with E-state index in [4.69, 9.17) is 9.47 Å². The summed E-state index contributed by atoms with van der Waals surface area (Å²) in [5, 5.41) is 0. The lowest BCUT2D eigenvalue weighted by atomic mass is 10.2. The van der Waals surface area contributed by atoms with Gasteiger partial charge in [0.15, 0.2) is 11.5 Å². The first-order valence-electron chi connectivity index (χ1n) is 10.9. The molecular formula is C26H18N4O4S. The van der Waals surface area contributed by atoms with Gasteiger partial charge in [-0.25, -0.2) is 18.4 Å². The molecule has 0 atom stereocenters. The van der Waals surface area contributed by atoms with Crippen LogP contribution in [0.4, 0.5) is 0 Å². The number of fused-ring (bicyclic) bond motifs is 1. The molecule has 0 aromatic carbocycles. The summed E-state index contributed by atoms with van der Waals surface area (Å²) < 4.78 is 39.6. The fourth-order valence-electron chi connectivity index (χ4n) is 4.05. The molecule has 6 rings (SSSR count). The van der Waals surface area contributed by atoms with E-state index in [1.165, 1.54) is 0 Å². The predicted molar refractivity (Wildman–Crippen MR) is 130 cm³/mol. The number of hydrogen-bond donors (Lipinski definition) is 0. The Balaban J connectivity index is 1.49. The van der Waals surface area contributed by atoms with Gasteiger partial charge >= 0.3 is 0 Å². The Morgan fingerprint density at radius 2 is 0.971 bits per heavy atom. The molecule has 0 amide bonds. The molecule has 4 aromatic heterocycles. The minimum atomic E-state index is -4.07. The molecule has 0 aliphatic carbocycles. The number of hydrogen-bond acceptors (Lipinski definition) is 8. The number of nitrogens with zero attached hydrogens (tertiary/aromatic N) is 4. The summed E-state index contributed by atoms with van der Waals surface area (Å²) in [6, 6.07) is 21.3. The first kappa shape index (κ1) is 21.2. The average molecular weight is 483 g/mol. The van der Waals surface area contributed by atoms with Crippen LogP contribution in [0, 0.1) is 0 Å². The monoisotopic (exact) mass is 482 g/mol. The topological polar surface area (TPSA) is 104 Å². The SMILES string of the molecule is O=S1(=O)C(c2cccc(-c3ccccn3)n2)=C2OCCOC2=C1c1cccc(-c2ccccn2)n1.